The zero-order chi connectivity index (χ0) is 12.1. The van der Waals surface area contributed by atoms with E-state index < -0.39 is 24.4 Å². The first-order valence-corrected chi connectivity index (χ1v) is 3.89. The molecule has 0 aliphatic rings. The predicted molar refractivity (Wildman–Crippen MR) is 42.5 cm³/mol. The Kier molecular flexibility index (Phi) is 4.83. The molecule has 0 fully saturated rings. The SMILES string of the molecule is CC(C)OC(=O)/C=C/C(=O)OC(F)(F)F. The molecular formula is C8H9F3O4. The van der Waals surface area contributed by atoms with Gasteiger partial charge in [-0.2, -0.15) is 0 Å². The molecule has 15 heavy (non-hydrogen) atoms. The summed E-state index contributed by atoms with van der Waals surface area (Å²) in [6.45, 7) is 3.11. The van der Waals surface area contributed by atoms with E-state index in [0.717, 1.165) is 0 Å². The first-order chi connectivity index (χ1) is 6.70. The fourth-order valence-corrected chi connectivity index (χ4v) is 0.556. The first-order valence-electron chi connectivity index (χ1n) is 3.89. The molecule has 7 heteroatoms. The maximum atomic E-state index is 11.4. The van der Waals surface area contributed by atoms with E-state index in [9.17, 15) is 22.8 Å². The van der Waals surface area contributed by atoms with Crippen LogP contribution in [0.4, 0.5) is 13.2 Å². The molecule has 0 saturated heterocycles. The van der Waals surface area contributed by atoms with Gasteiger partial charge >= 0.3 is 18.3 Å². The van der Waals surface area contributed by atoms with Gasteiger partial charge in [0.1, 0.15) is 0 Å². The topological polar surface area (TPSA) is 52.6 Å². The van der Waals surface area contributed by atoms with Gasteiger partial charge in [0.15, 0.2) is 0 Å². The van der Waals surface area contributed by atoms with Crippen LogP contribution in [-0.4, -0.2) is 24.4 Å². The van der Waals surface area contributed by atoms with Gasteiger partial charge < -0.3 is 9.47 Å². The van der Waals surface area contributed by atoms with Gasteiger partial charge in [0, 0.05) is 12.2 Å². The fourth-order valence-electron chi connectivity index (χ4n) is 0.556. The van der Waals surface area contributed by atoms with Crippen LogP contribution in [0, 0.1) is 0 Å². The van der Waals surface area contributed by atoms with Crippen LogP contribution < -0.4 is 0 Å². The molecule has 0 unspecified atom stereocenters. The number of hydrogen-bond donors (Lipinski definition) is 0. The zero-order valence-electron chi connectivity index (χ0n) is 8.00. The summed E-state index contributed by atoms with van der Waals surface area (Å²) >= 11 is 0. The van der Waals surface area contributed by atoms with E-state index in [1.54, 1.807) is 13.8 Å². The van der Waals surface area contributed by atoms with Crippen molar-refractivity contribution in [1.29, 1.82) is 0 Å². The summed E-state index contributed by atoms with van der Waals surface area (Å²) in [5.74, 6) is -2.59. The van der Waals surface area contributed by atoms with Crippen molar-refractivity contribution < 1.29 is 32.2 Å². The van der Waals surface area contributed by atoms with Crippen molar-refractivity contribution in [3.05, 3.63) is 12.2 Å². The highest BCUT2D eigenvalue weighted by atomic mass is 19.4. The van der Waals surface area contributed by atoms with E-state index in [1.165, 1.54) is 0 Å². The lowest BCUT2D eigenvalue weighted by atomic mass is 10.4. The molecule has 0 aromatic rings. The molecule has 0 heterocycles. The van der Waals surface area contributed by atoms with Gasteiger partial charge in [0.05, 0.1) is 6.10 Å². The average molecular weight is 226 g/mol. The maximum absolute atomic E-state index is 11.4. The number of halogens is 3. The van der Waals surface area contributed by atoms with Crippen molar-refractivity contribution in [3.8, 4) is 0 Å². The highest BCUT2D eigenvalue weighted by Gasteiger charge is 2.33. The van der Waals surface area contributed by atoms with Crippen LogP contribution in [-0.2, 0) is 19.1 Å². The predicted octanol–water partition coefficient (Wildman–Crippen LogP) is 1.56. The highest BCUT2D eigenvalue weighted by Crippen LogP contribution is 2.16. The summed E-state index contributed by atoms with van der Waals surface area (Å²) in [6, 6.07) is 0. The fraction of sp³-hybridized carbons (Fsp3) is 0.500. The Morgan fingerprint density at radius 3 is 2.00 bits per heavy atom. The Bertz CT molecular complexity index is 268. The summed E-state index contributed by atoms with van der Waals surface area (Å²) < 4.78 is 41.8. The van der Waals surface area contributed by atoms with Gasteiger partial charge in [-0.1, -0.05) is 0 Å². The summed E-state index contributed by atoms with van der Waals surface area (Å²) in [4.78, 5) is 21.1. The molecular weight excluding hydrogens is 217 g/mol. The average Bonchev–Trinajstić information content (AvgIpc) is 1.96. The number of esters is 2. The summed E-state index contributed by atoms with van der Waals surface area (Å²) in [5.41, 5.74) is 0. The molecule has 86 valence electrons. The van der Waals surface area contributed by atoms with Gasteiger partial charge in [-0.05, 0) is 13.8 Å². The van der Waals surface area contributed by atoms with Crippen LogP contribution in [0.25, 0.3) is 0 Å². The molecule has 0 radical (unpaired) electrons. The first kappa shape index (κ1) is 13.5. The zero-order valence-corrected chi connectivity index (χ0v) is 8.00. The monoisotopic (exact) mass is 226 g/mol. The number of alkyl halides is 3. The lowest BCUT2D eigenvalue weighted by Gasteiger charge is -2.05. The van der Waals surface area contributed by atoms with E-state index in [4.69, 9.17) is 0 Å². The van der Waals surface area contributed by atoms with Crippen molar-refractivity contribution in [2.24, 2.45) is 0 Å². The minimum absolute atomic E-state index is 0.345. The second kappa shape index (κ2) is 5.38. The van der Waals surface area contributed by atoms with Crippen molar-refractivity contribution in [2.45, 2.75) is 26.3 Å². The minimum atomic E-state index is -5.05. The quantitative estimate of drug-likeness (QED) is 0.541. The Morgan fingerprint density at radius 2 is 1.60 bits per heavy atom. The van der Waals surface area contributed by atoms with E-state index in [0.29, 0.717) is 12.2 Å². The van der Waals surface area contributed by atoms with Crippen LogP contribution in [0.5, 0.6) is 0 Å². The van der Waals surface area contributed by atoms with Crippen LogP contribution >= 0.6 is 0 Å². The third-order valence-corrected chi connectivity index (χ3v) is 0.924. The molecule has 0 rings (SSSR count). The second-order valence-electron chi connectivity index (χ2n) is 2.69. The standard InChI is InChI=1S/C8H9F3O4/c1-5(2)14-6(12)3-4-7(13)15-8(9,10)11/h3-5H,1-2H3/b4-3+. The largest absolute Gasteiger partial charge is 0.575 e. The number of ether oxygens (including phenoxy) is 2. The van der Waals surface area contributed by atoms with Crippen LogP contribution in [0.15, 0.2) is 12.2 Å². The van der Waals surface area contributed by atoms with Gasteiger partial charge in [-0.3, -0.25) is 0 Å². The smallest absolute Gasteiger partial charge is 0.460 e. The lowest BCUT2D eigenvalue weighted by molar-refractivity contribution is -0.303. The van der Waals surface area contributed by atoms with Gasteiger partial charge in [0.25, 0.3) is 0 Å². The van der Waals surface area contributed by atoms with Crippen molar-refractivity contribution >= 4 is 11.9 Å². The van der Waals surface area contributed by atoms with Gasteiger partial charge in [0.2, 0.25) is 0 Å². The molecule has 0 aromatic heterocycles. The summed E-state index contributed by atoms with van der Waals surface area (Å²) in [6.07, 6.45) is -4.56. The summed E-state index contributed by atoms with van der Waals surface area (Å²) in [5, 5.41) is 0. The number of carbonyl (C=O) groups is 2. The van der Waals surface area contributed by atoms with Gasteiger partial charge in [-0.25, -0.2) is 9.59 Å². The van der Waals surface area contributed by atoms with Crippen molar-refractivity contribution in [1.82, 2.24) is 0 Å². The van der Waals surface area contributed by atoms with E-state index in [-0.39, 0.29) is 0 Å². The number of hydrogen-bond acceptors (Lipinski definition) is 4. The summed E-state index contributed by atoms with van der Waals surface area (Å²) in [7, 11) is 0. The normalized spacial score (nSPS) is 11.9. The molecule has 0 saturated carbocycles. The lowest BCUT2D eigenvalue weighted by Crippen LogP contribution is -2.18. The molecule has 0 atom stereocenters. The Balaban J connectivity index is 4.07. The Labute approximate surface area is 83.7 Å². The molecule has 0 aromatic carbocycles. The Hall–Kier alpha value is -1.53. The van der Waals surface area contributed by atoms with Crippen LogP contribution in [0.1, 0.15) is 13.8 Å². The molecule has 0 spiro atoms. The molecule has 0 bridgehead atoms. The van der Waals surface area contributed by atoms with Gasteiger partial charge in [-0.15, -0.1) is 13.2 Å². The van der Waals surface area contributed by atoms with Crippen LogP contribution in [0.2, 0.25) is 0 Å². The molecule has 0 aliphatic heterocycles. The number of rotatable bonds is 3. The van der Waals surface area contributed by atoms with Crippen molar-refractivity contribution in [2.75, 3.05) is 0 Å². The second-order valence-corrected chi connectivity index (χ2v) is 2.69. The third-order valence-electron chi connectivity index (χ3n) is 0.924. The molecule has 0 amide bonds. The maximum Gasteiger partial charge on any atom is 0.575 e. The van der Waals surface area contributed by atoms with Crippen molar-refractivity contribution in [3.63, 3.8) is 0 Å². The molecule has 4 nitrogen and oxygen atoms in total. The Morgan fingerprint density at radius 1 is 1.13 bits per heavy atom. The molecule has 0 aliphatic carbocycles. The van der Waals surface area contributed by atoms with E-state index in [2.05, 4.69) is 9.47 Å². The minimum Gasteiger partial charge on any atom is -0.460 e. The third kappa shape index (κ3) is 8.79. The van der Waals surface area contributed by atoms with E-state index in [1.807, 2.05) is 0 Å². The number of carbonyl (C=O) groups excluding carboxylic acids is 2. The van der Waals surface area contributed by atoms with E-state index >= 15 is 0 Å². The molecule has 0 N–H and O–H groups in total. The van der Waals surface area contributed by atoms with Crippen LogP contribution in [0.3, 0.4) is 0 Å². The highest BCUT2D eigenvalue weighted by molar-refractivity contribution is 5.91.